The minimum atomic E-state index is 0.0395. The van der Waals surface area contributed by atoms with Gasteiger partial charge in [-0.05, 0) is 124 Å². The van der Waals surface area contributed by atoms with Gasteiger partial charge in [0.1, 0.15) is 5.75 Å². The summed E-state index contributed by atoms with van der Waals surface area (Å²) >= 11 is 0. The van der Waals surface area contributed by atoms with E-state index in [0.29, 0.717) is 23.8 Å². The first-order chi connectivity index (χ1) is 20.0. The van der Waals surface area contributed by atoms with Gasteiger partial charge in [0, 0.05) is 36.5 Å². The Hall–Kier alpha value is -3.12. The van der Waals surface area contributed by atoms with Gasteiger partial charge in [-0.3, -0.25) is 9.48 Å². The van der Waals surface area contributed by atoms with Crippen molar-refractivity contribution in [3.05, 3.63) is 66.0 Å². The number of anilines is 1. The summed E-state index contributed by atoms with van der Waals surface area (Å²) in [6.45, 7) is 3.13. The average molecular weight is 556 g/mol. The van der Waals surface area contributed by atoms with Crippen LogP contribution in [0.1, 0.15) is 87.3 Å². The normalized spacial score (nSPS) is 24.7. The van der Waals surface area contributed by atoms with Gasteiger partial charge in [-0.25, -0.2) is 0 Å². The van der Waals surface area contributed by atoms with Gasteiger partial charge in [-0.15, -0.1) is 0 Å². The molecule has 0 aliphatic heterocycles. The second-order valence-corrected chi connectivity index (χ2v) is 12.8. The molecule has 0 unspecified atom stereocenters. The SMILES string of the molecule is COc1ccc([C@H]2CC[C@H](CN(c3cccc(-c4cnn(C5CC5)c4)c3)C(=O)[C@H]3CC[C@H](CO)CC3)CC2)cc1C. The van der Waals surface area contributed by atoms with E-state index in [1.807, 2.05) is 6.20 Å². The zero-order chi connectivity index (χ0) is 28.3. The number of aromatic nitrogens is 2. The van der Waals surface area contributed by atoms with Crippen molar-refractivity contribution >= 4 is 11.6 Å². The number of aliphatic hydroxyl groups excluding tert-OH is 1. The maximum Gasteiger partial charge on any atom is 0.230 e. The van der Waals surface area contributed by atoms with Crippen molar-refractivity contribution in [3.8, 4) is 16.9 Å². The summed E-state index contributed by atoms with van der Waals surface area (Å²) in [5.74, 6) is 2.66. The van der Waals surface area contributed by atoms with Gasteiger partial charge in [-0.2, -0.15) is 5.10 Å². The highest BCUT2D eigenvalue weighted by Gasteiger charge is 2.33. The number of carbonyl (C=O) groups is 1. The highest BCUT2D eigenvalue weighted by Crippen LogP contribution is 2.40. The van der Waals surface area contributed by atoms with E-state index in [4.69, 9.17) is 4.74 Å². The lowest BCUT2D eigenvalue weighted by Gasteiger charge is -2.36. The lowest BCUT2D eigenvalue weighted by Crippen LogP contribution is -2.41. The topological polar surface area (TPSA) is 67.6 Å². The summed E-state index contributed by atoms with van der Waals surface area (Å²) in [6, 6.07) is 15.7. The van der Waals surface area contributed by atoms with Gasteiger partial charge in [0.2, 0.25) is 5.91 Å². The monoisotopic (exact) mass is 555 g/mol. The van der Waals surface area contributed by atoms with Gasteiger partial charge in [0.05, 0.1) is 19.3 Å². The van der Waals surface area contributed by atoms with Crippen LogP contribution in [-0.2, 0) is 4.79 Å². The van der Waals surface area contributed by atoms with Crippen molar-refractivity contribution in [1.29, 1.82) is 0 Å². The standard InChI is InChI=1S/C35H45N3O3/c1-24-18-30(14-17-34(24)41-2)27-10-6-25(7-11-27)21-37(35(40)28-12-8-26(23-39)9-13-28)33-5-3-4-29(19-33)31-20-36-38(22-31)32-15-16-32/h3-5,14,17-20,22,25-28,32,39H,6-13,15-16,21,23H2,1-2H3/t25-,26-,27-,28-. The number of methoxy groups -OCH3 is 1. The molecule has 1 amide bonds. The van der Waals surface area contributed by atoms with Crippen LogP contribution in [0.4, 0.5) is 5.69 Å². The van der Waals surface area contributed by atoms with Gasteiger partial charge in [0.15, 0.2) is 0 Å². The van der Waals surface area contributed by atoms with E-state index in [-0.39, 0.29) is 18.4 Å². The Morgan fingerprint density at radius 3 is 2.39 bits per heavy atom. The number of nitrogens with zero attached hydrogens (tertiary/aromatic N) is 3. The minimum absolute atomic E-state index is 0.0395. The van der Waals surface area contributed by atoms with Crippen LogP contribution >= 0.6 is 0 Å². The number of rotatable bonds is 9. The van der Waals surface area contributed by atoms with Crippen molar-refractivity contribution in [3.63, 3.8) is 0 Å². The lowest BCUT2D eigenvalue weighted by molar-refractivity contribution is -0.123. The third-order valence-corrected chi connectivity index (χ3v) is 9.91. The van der Waals surface area contributed by atoms with E-state index < -0.39 is 0 Å². The lowest BCUT2D eigenvalue weighted by atomic mass is 9.77. The molecule has 3 saturated carbocycles. The summed E-state index contributed by atoms with van der Waals surface area (Å²) in [6.07, 6.45) is 14.7. The molecule has 0 bridgehead atoms. The molecule has 0 radical (unpaired) electrons. The van der Waals surface area contributed by atoms with Crippen LogP contribution in [0.3, 0.4) is 0 Å². The number of carbonyl (C=O) groups excluding carboxylic acids is 1. The van der Waals surface area contributed by atoms with Gasteiger partial charge >= 0.3 is 0 Å². The number of hydrogen-bond donors (Lipinski definition) is 1. The van der Waals surface area contributed by atoms with Crippen LogP contribution in [-0.4, -0.2) is 41.1 Å². The summed E-state index contributed by atoms with van der Waals surface area (Å²) in [5, 5.41) is 14.2. The molecule has 2 aromatic carbocycles. The molecule has 1 heterocycles. The smallest absolute Gasteiger partial charge is 0.230 e. The second-order valence-electron chi connectivity index (χ2n) is 12.8. The molecule has 6 rings (SSSR count). The van der Waals surface area contributed by atoms with Crippen molar-refractivity contribution in [1.82, 2.24) is 9.78 Å². The Morgan fingerprint density at radius 2 is 1.71 bits per heavy atom. The van der Waals surface area contributed by atoms with E-state index >= 15 is 0 Å². The molecular weight excluding hydrogens is 510 g/mol. The first-order valence-corrected chi connectivity index (χ1v) is 15.7. The third kappa shape index (κ3) is 6.38. The van der Waals surface area contributed by atoms with Gasteiger partial charge < -0.3 is 14.7 Å². The zero-order valence-corrected chi connectivity index (χ0v) is 24.7. The van der Waals surface area contributed by atoms with Crippen LogP contribution < -0.4 is 9.64 Å². The number of aliphatic hydroxyl groups is 1. The average Bonchev–Trinajstić information content (AvgIpc) is 3.75. The number of amides is 1. The molecule has 6 heteroatoms. The highest BCUT2D eigenvalue weighted by molar-refractivity contribution is 5.95. The molecular formula is C35H45N3O3. The molecule has 0 spiro atoms. The quantitative estimate of drug-likeness (QED) is 0.301. The molecule has 3 aromatic rings. The third-order valence-electron chi connectivity index (χ3n) is 9.91. The Balaban J connectivity index is 1.19. The second kappa shape index (κ2) is 12.4. The number of aryl methyl sites for hydroxylation is 1. The summed E-state index contributed by atoms with van der Waals surface area (Å²) in [5.41, 5.74) is 5.85. The van der Waals surface area contributed by atoms with E-state index in [1.165, 1.54) is 24.0 Å². The Bertz CT molecular complexity index is 1330. The number of benzene rings is 2. The largest absolute Gasteiger partial charge is 0.496 e. The summed E-state index contributed by atoms with van der Waals surface area (Å²) < 4.78 is 7.56. The van der Waals surface area contributed by atoms with Crippen molar-refractivity contribution in [2.24, 2.45) is 17.8 Å². The van der Waals surface area contributed by atoms with E-state index in [2.05, 4.69) is 70.3 Å². The maximum atomic E-state index is 14.1. The molecule has 3 fully saturated rings. The number of hydrogen-bond acceptors (Lipinski definition) is 4. The molecule has 218 valence electrons. The van der Waals surface area contributed by atoms with E-state index in [1.54, 1.807) is 7.11 Å². The molecule has 41 heavy (non-hydrogen) atoms. The predicted octanol–water partition coefficient (Wildman–Crippen LogP) is 7.31. The minimum Gasteiger partial charge on any atom is -0.496 e. The van der Waals surface area contributed by atoms with Crippen LogP contribution in [0.15, 0.2) is 54.9 Å². The summed E-state index contributed by atoms with van der Waals surface area (Å²) in [7, 11) is 1.73. The van der Waals surface area contributed by atoms with E-state index in [9.17, 15) is 9.90 Å². The van der Waals surface area contributed by atoms with Crippen molar-refractivity contribution in [2.45, 2.75) is 83.1 Å². The van der Waals surface area contributed by atoms with Crippen LogP contribution in [0, 0.1) is 24.7 Å². The van der Waals surface area contributed by atoms with Gasteiger partial charge in [-0.1, -0.05) is 24.3 Å². The molecule has 1 N–H and O–H groups in total. The molecule has 0 saturated heterocycles. The molecule has 1 aromatic heterocycles. The van der Waals surface area contributed by atoms with Crippen molar-refractivity contribution in [2.75, 3.05) is 25.2 Å². The summed E-state index contributed by atoms with van der Waals surface area (Å²) in [4.78, 5) is 16.2. The molecule has 6 nitrogen and oxygen atoms in total. The fourth-order valence-electron chi connectivity index (χ4n) is 7.11. The van der Waals surface area contributed by atoms with Crippen LogP contribution in [0.25, 0.3) is 11.1 Å². The molecule has 3 aliphatic carbocycles. The Labute approximate surface area is 244 Å². The van der Waals surface area contributed by atoms with Gasteiger partial charge in [0.25, 0.3) is 0 Å². The number of ether oxygens (including phenoxy) is 1. The van der Waals surface area contributed by atoms with Crippen LogP contribution in [0.5, 0.6) is 5.75 Å². The Morgan fingerprint density at radius 1 is 0.951 bits per heavy atom. The van der Waals surface area contributed by atoms with Crippen LogP contribution in [0.2, 0.25) is 0 Å². The highest BCUT2D eigenvalue weighted by atomic mass is 16.5. The van der Waals surface area contributed by atoms with E-state index in [0.717, 1.165) is 80.5 Å². The first-order valence-electron chi connectivity index (χ1n) is 15.7. The molecule has 0 atom stereocenters. The maximum absolute atomic E-state index is 14.1. The Kier molecular flexibility index (Phi) is 8.47. The fraction of sp³-hybridized carbons (Fsp3) is 0.543. The van der Waals surface area contributed by atoms with Crippen molar-refractivity contribution < 1.29 is 14.6 Å². The fourth-order valence-corrected chi connectivity index (χ4v) is 7.11. The molecule has 3 aliphatic rings. The zero-order valence-electron chi connectivity index (χ0n) is 24.7. The predicted molar refractivity (Wildman–Crippen MR) is 163 cm³/mol. The first kappa shape index (κ1) is 28.0.